The third-order valence-electron chi connectivity index (χ3n) is 10.9. The highest BCUT2D eigenvalue weighted by Gasteiger charge is 2.64. The van der Waals surface area contributed by atoms with Gasteiger partial charge in [0.15, 0.2) is 6.61 Å². The van der Waals surface area contributed by atoms with E-state index < -0.39 is 53.7 Å². The molecule has 44 heavy (non-hydrogen) atoms. The molecule has 2 saturated carbocycles. The standard InChI is InChI=1S/C34H52O10/c1-17(2)14-33(8,19(5)6)31(38)40-16-26(35)42-25-13-22(41-30(25)37)10-20(7)34(9,15-18(3)4)32(39)44-27-21-11-23-24(12-21)29(36)43-28(23)27/h17-25,27-28H,10-16H2,1-9H3. The average molecular weight is 621 g/mol. The van der Waals surface area contributed by atoms with Gasteiger partial charge in [-0.05, 0) is 69.6 Å². The Labute approximate surface area is 261 Å². The molecular formula is C34H52O10. The van der Waals surface area contributed by atoms with E-state index in [0.29, 0.717) is 25.7 Å². The molecule has 10 nitrogen and oxygen atoms in total. The molecule has 2 heterocycles. The van der Waals surface area contributed by atoms with E-state index in [1.54, 1.807) is 0 Å². The molecule has 0 N–H and O–H groups in total. The molecule has 0 amide bonds. The number of cyclic esters (lactones) is 1. The monoisotopic (exact) mass is 620 g/mol. The molecule has 4 rings (SSSR count). The predicted octanol–water partition coefficient (Wildman–Crippen LogP) is 5.04. The Morgan fingerprint density at radius 1 is 0.818 bits per heavy atom. The lowest BCUT2D eigenvalue weighted by atomic mass is 9.70. The molecule has 2 bridgehead atoms. The topological polar surface area (TPSA) is 132 Å². The molecule has 2 aliphatic heterocycles. The summed E-state index contributed by atoms with van der Waals surface area (Å²) in [5, 5.41) is 0. The summed E-state index contributed by atoms with van der Waals surface area (Å²) in [5.41, 5.74) is -1.61. The molecule has 0 aromatic carbocycles. The van der Waals surface area contributed by atoms with Crippen LogP contribution in [0.3, 0.4) is 0 Å². The summed E-state index contributed by atoms with van der Waals surface area (Å²) < 4.78 is 28.0. The Morgan fingerprint density at radius 3 is 2.07 bits per heavy atom. The fourth-order valence-corrected chi connectivity index (χ4v) is 8.06. The molecule has 10 atom stereocenters. The number of carbonyl (C=O) groups excluding carboxylic acids is 5. The van der Waals surface area contributed by atoms with Crippen LogP contribution in [-0.4, -0.2) is 60.9 Å². The molecule has 0 aromatic heterocycles. The first-order valence-corrected chi connectivity index (χ1v) is 16.4. The van der Waals surface area contributed by atoms with Crippen LogP contribution >= 0.6 is 0 Å². The smallest absolute Gasteiger partial charge is 0.347 e. The fourth-order valence-electron chi connectivity index (χ4n) is 8.06. The van der Waals surface area contributed by atoms with E-state index in [1.807, 2.05) is 62.3 Å². The maximum absolute atomic E-state index is 13.8. The zero-order valence-corrected chi connectivity index (χ0v) is 27.9. The first kappa shape index (κ1) is 34.2. The summed E-state index contributed by atoms with van der Waals surface area (Å²) in [6.07, 6.45) is 0.852. The summed E-state index contributed by atoms with van der Waals surface area (Å²) >= 11 is 0. The fraction of sp³-hybridized carbons (Fsp3) is 0.853. The van der Waals surface area contributed by atoms with Gasteiger partial charge in [0.2, 0.25) is 6.10 Å². The van der Waals surface area contributed by atoms with Gasteiger partial charge in [-0.2, -0.15) is 0 Å². The maximum atomic E-state index is 13.8. The number of esters is 5. The molecule has 10 unspecified atom stereocenters. The van der Waals surface area contributed by atoms with Crippen LogP contribution in [0.5, 0.6) is 0 Å². The number of fused-ring (bicyclic) bond motifs is 1. The molecule has 0 aromatic rings. The first-order valence-electron chi connectivity index (χ1n) is 16.4. The van der Waals surface area contributed by atoms with Crippen LogP contribution in [0.4, 0.5) is 0 Å². The molecule has 0 radical (unpaired) electrons. The molecule has 10 heteroatoms. The molecule has 4 aliphatic rings. The van der Waals surface area contributed by atoms with Gasteiger partial charge >= 0.3 is 29.8 Å². The van der Waals surface area contributed by atoms with Gasteiger partial charge in [0.1, 0.15) is 18.3 Å². The number of ether oxygens (including phenoxy) is 5. The highest BCUT2D eigenvalue weighted by molar-refractivity contribution is 5.83. The molecule has 4 fully saturated rings. The average Bonchev–Trinajstić information content (AvgIpc) is 3.63. The number of hydrogen-bond acceptors (Lipinski definition) is 10. The maximum Gasteiger partial charge on any atom is 0.347 e. The van der Waals surface area contributed by atoms with Crippen molar-refractivity contribution in [2.24, 2.45) is 52.3 Å². The Hall–Kier alpha value is -2.65. The Kier molecular flexibility index (Phi) is 10.1. The van der Waals surface area contributed by atoms with E-state index in [0.717, 1.165) is 6.42 Å². The van der Waals surface area contributed by atoms with Crippen molar-refractivity contribution in [3.63, 3.8) is 0 Å². The van der Waals surface area contributed by atoms with E-state index in [-0.39, 0.29) is 65.9 Å². The summed E-state index contributed by atoms with van der Waals surface area (Å²) in [6, 6.07) is 0. The SMILES string of the molecule is CC(C)CC(C)(C(=O)OCC(=O)OC1CC(CC(C)C(C)(CC(C)C)C(=O)OC2C3CC4C(=O)OC2C4C3)OC1=O)C(C)C. The van der Waals surface area contributed by atoms with Crippen molar-refractivity contribution < 1.29 is 47.7 Å². The number of hydrogen-bond donors (Lipinski definition) is 0. The van der Waals surface area contributed by atoms with Crippen LogP contribution in [0.2, 0.25) is 0 Å². The zero-order valence-electron chi connectivity index (χ0n) is 27.9. The lowest BCUT2D eigenvalue weighted by molar-refractivity contribution is -0.176. The summed E-state index contributed by atoms with van der Waals surface area (Å²) in [7, 11) is 0. The van der Waals surface area contributed by atoms with Crippen LogP contribution in [0, 0.1) is 52.3 Å². The quantitative estimate of drug-likeness (QED) is 0.192. The predicted molar refractivity (Wildman–Crippen MR) is 159 cm³/mol. The molecule has 2 saturated heterocycles. The number of carbonyl (C=O) groups is 5. The number of rotatable bonds is 14. The highest BCUT2D eigenvalue weighted by atomic mass is 16.6. The van der Waals surface area contributed by atoms with Gasteiger partial charge in [0.05, 0.1) is 16.7 Å². The van der Waals surface area contributed by atoms with Gasteiger partial charge in [-0.25, -0.2) is 9.59 Å². The van der Waals surface area contributed by atoms with Crippen molar-refractivity contribution in [2.75, 3.05) is 6.61 Å². The van der Waals surface area contributed by atoms with Crippen LogP contribution in [0.1, 0.15) is 101 Å². The van der Waals surface area contributed by atoms with Gasteiger partial charge in [0, 0.05) is 18.3 Å². The van der Waals surface area contributed by atoms with Crippen LogP contribution in [0.15, 0.2) is 0 Å². The first-order chi connectivity index (χ1) is 20.5. The van der Waals surface area contributed by atoms with Crippen molar-refractivity contribution in [3.05, 3.63) is 0 Å². The summed E-state index contributed by atoms with van der Waals surface area (Å²) in [5.74, 6) is -1.94. The third-order valence-corrected chi connectivity index (χ3v) is 10.9. The van der Waals surface area contributed by atoms with Crippen molar-refractivity contribution >= 4 is 29.8 Å². The molecule has 2 aliphatic carbocycles. The van der Waals surface area contributed by atoms with Crippen molar-refractivity contribution in [3.8, 4) is 0 Å². The van der Waals surface area contributed by atoms with Gasteiger partial charge in [-0.15, -0.1) is 0 Å². The second-order valence-electron chi connectivity index (χ2n) is 15.4. The van der Waals surface area contributed by atoms with Crippen LogP contribution in [-0.2, 0) is 47.7 Å². The van der Waals surface area contributed by atoms with Gasteiger partial charge < -0.3 is 23.7 Å². The zero-order chi connectivity index (χ0) is 32.7. The van der Waals surface area contributed by atoms with Crippen molar-refractivity contribution in [2.45, 2.75) is 125 Å². The van der Waals surface area contributed by atoms with Gasteiger partial charge in [0.25, 0.3) is 0 Å². The highest BCUT2D eigenvalue weighted by Crippen LogP contribution is 2.56. The van der Waals surface area contributed by atoms with Gasteiger partial charge in [-0.1, -0.05) is 48.5 Å². The van der Waals surface area contributed by atoms with Crippen molar-refractivity contribution in [1.29, 1.82) is 0 Å². The van der Waals surface area contributed by atoms with E-state index in [1.165, 1.54) is 0 Å². The minimum atomic E-state index is -1.10. The minimum Gasteiger partial charge on any atom is -0.459 e. The molecule has 248 valence electrons. The Morgan fingerprint density at radius 2 is 1.45 bits per heavy atom. The lowest BCUT2D eigenvalue weighted by Gasteiger charge is -2.38. The third kappa shape index (κ3) is 6.79. The summed E-state index contributed by atoms with van der Waals surface area (Å²) in [4.78, 5) is 64.0. The van der Waals surface area contributed by atoms with Crippen LogP contribution < -0.4 is 0 Å². The van der Waals surface area contributed by atoms with E-state index in [2.05, 4.69) is 0 Å². The molecular weight excluding hydrogens is 568 g/mol. The van der Waals surface area contributed by atoms with E-state index in [9.17, 15) is 24.0 Å². The van der Waals surface area contributed by atoms with Crippen molar-refractivity contribution in [1.82, 2.24) is 0 Å². The summed E-state index contributed by atoms with van der Waals surface area (Å²) in [6.45, 7) is 17.1. The minimum absolute atomic E-state index is 0.0144. The second-order valence-corrected chi connectivity index (χ2v) is 15.4. The Bertz CT molecular complexity index is 1130. The largest absolute Gasteiger partial charge is 0.459 e. The van der Waals surface area contributed by atoms with Gasteiger partial charge in [-0.3, -0.25) is 14.4 Å². The second kappa shape index (κ2) is 13.0. The van der Waals surface area contributed by atoms with E-state index >= 15 is 0 Å². The lowest BCUT2D eigenvalue weighted by Crippen LogP contribution is -2.44. The normalized spacial score (nSPS) is 32.3. The Balaban J connectivity index is 1.32. The molecule has 0 spiro atoms. The van der Waals surface area contributed by atoms with Crippen LogP contribution in [0.25, 0.3) is 0 Å². The van der Waals surface area contributed by atoms with E-state index in [4.69, 9.17) is 23.7 Å².